The standard InChI is InChI=1S/C51H30N4O2/c1-3-12-31(13-4-1)33-24-27-44-40(28-33)38-25-22-34(29-46(38)56-44)50-52-49(32-14-5-2-6-15-32)53-51(54-50)35-23-26-39-47(30-35)57-45-21-11-20-43(48(39)45)55-41-18-9-7-16-36(41)37-17-8-10-19-42(37)55/h1-30H/i7D,8D,9D,11D,16D,17D,18D,20D,21D,23D,30D. The first-order chi connectivity index (χ1) is 32.8. The highest BCUT2D eigenvalue weighted by molar-refractivity contribution is 6.14. The predicted octanol–water partition coefficient (Wildman–Crippen LogP) is 13.4. The monoisotopic (exact) mass is 741 g/mol. The van der Waals surface area contributed by atoms with E-state index in [1.165, 1.54) is 22.8 Å². The number of furan rings is 2. The highest BCUT2D eigenvalue weighted by Gasteiger charge is 2.20. The van der Waals surface area contributed by atoms with E-state index in [4.69, 9.17) is 34.8 Å². The molecule has 266 valence electrons. The van der Waals surface area contributed by atoms with Crippen LogP contribution in [0, 0.1) is 0 Å². The van der Waals surface area contributed by atoms with Gasteiger partial charge in [-0.25, -0.2) is 15.0 Å². The van der Waals surface area contributed by atoms with Crippen LogP contribution in [0.1, 0.15) is 15.1 Å². The Hall–Kier alpha value is -7.83. The van der Waals surface area contributed by atoms with Crippen LogP contribution in [-0.4, -0.2) is 19.5 Å². The van der Waals surface area contributed by atoms with Crippen LogP contribution in [0.5, 0.6) is 0 Å². The lowest BCUT2D eigenvalue weighted by Gasteiger charge is -2.10. The van der Waals surface area contributed by atoms with Crippen LogP contribution < -0.4 is 0 Å². The van der Waals surface area contributed by atoms with Gasteiger partial charge < -0.3 is 13.4 Å². The molecule has 0 saturated heterocycles. The fraction of sp³-hybridized carbons (Fsp3) is 0. The van der Waals surface area contributed by atoms with Gasteiger partial charge in [0, 0.05) is 43.6 Å². The molecule has 6 heteroatoms. The molecule has 0 fully saturated rings. The molecular weight excluding hydrogens is 701 g/mol. The summed E-state index contributed by atoms with van der Waals surface area (Å²) in [5, 5.41) is 1.93. The van der Waals surface area contributed by atoms with Crippen molar-refractivity contribution in [3.05, 3.63) is 182 Å². The van der Waals surface area contributed by atoms with E-state index in [1.54, 1.807) is 0 Å². The van der Waals surface area contributed by atoms with Crippen molar-refractivity contribution in [3.63, 3.8) is 0 Å². The summed E-state index contributed by atoms with van der Waals surface area (Å²) in [6.07, 6.45) is 0. The molecule has 0 aliphatic heterocycles. The molecule has 0 bridgehead atoms. The first-order valence-electron chi connectivity index (χ1n) is 23.6. The van der Waals surface area contributed by atoms with Crippen LogP contribution in [0.25, 0.3) is 117 Å². The van der Waals surface area contributed by atoms with Gasteiger partial charge in [0.05, 0.1) is 37.2 Å². The molecule has 0 atom stereocenters. The van der Waals surface area contributed by atoms with Crippen molar-refractivity contribution < 1.29 is 23.9 Å². The molecule has 0 amide bonds. The highest BCUT2D eigenvalue weighted by atomic mass is 16.3. The Morgan fingerprint density at radius 3 is 1.98 bits per heavy atom. The van der Waals surface area contributed by atoms with Crippen molar-refractivity contribution >= 4 is 65.7 Å². The first kappa shape index (κ1) is 22.5. The van der Waals surface area contributed by atoms with Gasteiger partial charge in [0.2, 0.25) is 0 Å². The minimum atomic E-state index is -0.583. The van der Waals surface area contributed by atoms with Gasteiger partial charge in [-0.1, -0.05) is 121 Å². The predicted molar refractivity (Wildman–Crippen MR) is 230 cm³/mol. The summed E-state index contributed by atoms with van der Waals surface area (Å²) in [6, 6.07) is 30.5. The number of rotatable bonds is 5. The topological polar surface area (TPSA) is 69.9 Å². The van der Waals surface area contributed by atoms with Crippen molar-refractivity contribution in [2.45, 2.75) is 0 Å². The minimum Gasteiger partial charge on any atom is -0.456 e. The molecule has 0 saturated carbocycles. The number of hydrogen-bond acceptors (Lipinski definition) is 5. The van der Waals surface area contributed by atoms with E-state index in [1.807, 2.05) is 78.9 Å². The molecule has 0 unspecified atom stereocenters. The van der Waals surface area contributed by atoms with Crippen LogP contribution >= 0.6 is 0 Å². The summed E-state index contributed by atoms with van der Waals surface area (Å²) in [6.45, 7) is 0. The van der Waals surface area contributed by atoms with Crippen molar-refractivity contribution in [1.82, 2.24) is 19.5 Å². The van der Waals surface area contributed by atoms with E-state index in [-0.39, 0.29) is 96.6 Å². The summed E-state index contributed by atoms with van der Waals surface area (Å²) < 4.78 is 113. The average Bonchev–Trinajstić information content (AvgIpc) is 4.04. The van der Waals surface area contributed by atoms with Gasteiger partial charge in [-0.05, 0) is 71.7 Å². The number of aromatic nitrogens is 4. The molecule has 4 heterocycles. The van der Waals surface area contributed by atoms with Crippen molar-refractivity contribution in [2.24, 2.45) is 0 Å². The molecule has 12 aromatic rings. The molecule has 0 radical (unpaired) electrons. The molecule has 8 aromatic carbocycles. The van der Waals surface area contributed by atoms with Gasteiger partial charge in [0.15, 0.2) is 17.5 Å². The van der Waals surface area contributed by atoms with Gasteiger partial charge in [0.1, 0.15) is 22.3 Å². The third kappa shape index (κ3) is 5.01. The largest absolute Gasteiger partial charge is 0.456 e. The molecule has 0 aliphatic carbocycles. The molecular formula is C51H30N4O2. The Morgan fingerprint density at radius 2 is 1.12 bits per heavy atom. The van der Waals surface area contributed by atoms with Crippen molar-refractivity contribution in [1.29, 1.82) is 0 Å². The third-order valence-electron chi connectivity index (χ3n) is 10.2. The quantitative estimate of drug-likeness (QED) is 0.176. The normalized spacial score (nSPS) is 14.6. The maximum absolute atomic E-state index is 9.66. The summed E-state index contributed by atoms with van der Waals surface area (Å²) in [5.74, 6) is 0.476. The Morgan fingerprint density at radius 1 is 0.404 bits per heavy atom. The lowest BCUT2D eigenvalue weighted by molar-refractivity contribution is 0.668. The summed E-state index contributed by atoms with van der Waals surface area (Å²) in [7, 11) is 0. The third-order valence-corrected chi connectivity index (χ3v) is 10.2. The maximum atomic E-state index is 9.66. The maximum Gasteiger partial charge on any atom is 0.164 e. The Balaban J connectivity index is 1.09. The first-order valence-corrected chi connectivity index (χ1v) is 18.1. The highest BCUT2D eigenvalue weighted by Crippen LogP contribution is 2.40. The van der Waals surface area contributed by atoms with Crippen LogP contribution in [0.15, 0.2) is 191 Å². The van der Waals surface area contributed by atoms with Crippen molar-refractivity contribution in [3.8, 4) is 51.0 Å². The zero-order chi connectivity index (χ0) is 47.0. The van der Waals surface area contributed by atoms with Crippen LogP contribution in [0.4, 0.5) is 0 Å². The van der Waals surface area contributed by atoms with Crippen molar-refractivity contribution in [2.75, 3.05) is 0 Å². The molecule has 4 aromatic heterocycles. The Bertz CT molecular complexity index is 4170. The van der Waals surface area contributed by atoms with E-state index in [0.29, 0.717) is 22.3 Å². The molecule has 0 aliphatic rings. The zero-order valence-corrected chi connectivity index (χ0v) is 29.6. The second-order valence-electron chi connectivity index (χ2n) is 13.5. The SMILES string of the molecule is [2H]c1cc2c(oc3c([2H])c([2H])c([2H])c(-n4c5ccc([2H])c([2H])c5c5c([2H])c([2H])c([2H])c([2H])c54)c32)c([2H])c1-c1nc(-c2ccccc2)nc(-c2ccc3c(c2)oc2ccc(-c4ccccc4)cc23)n1. The molecule has 12 rings (SSSR count). The molecule has 6 nitrogen and oxygen atoms in total. The van der Waals surface area contributed by atoms with E-state index in [2.05, 4.69) is 18.2 Å². The summed E-state index contributed by atoms with van der Waals surface area (Å²) >= 11 is 0. The molecule has 0 N–H and O–H groups in total. The fourth-order valence-corrected chi connectivity index (χ4v) is 7.61. The average molecular weight is 742 g/mol. The number of para-hydroxylation sites is 2. The lowest BCUT2D eigenvalue weighted by atomic mass is 10.0. The lowest BCUT2D eigenvalue weighted by Crippen LogP contribution is -2.00. The number of nitrogens with zero attached hydrogens (tertiary/aromatic N) is 4. The van der Waals surface area contributed by atoms with Gasteiger partial charge in [-0.2, -0.15) is 0 Å². The zero-order valence-electron chi connectivity index (χ0n) is 40.6. The molecule has 57 heavy (non-hydrogen) atoms. The van der Waals surface area contributed by atoms with Crippen LogP contribution in [0.2, 0.25) is 0 Å². The van der Waals surface area contributed by atoms with E-state index in [9.17, 15) is 4.11 Å². The van der Waals surface area contributed by atoms with Gasteiger partial charge >= 0.3 is 0 Å². The Labute approximate surface area is 341 Å². The Kier molecular flexibility index (Phi) is 4.88. The number of hydrogen-bond donors (Lipinski definition) is 0. The minimum absolute atomic E-state index is 0.0235. The van der Waals surface area contributed by atoms with Gasteiger partial charge in [-0.15, -0.1) is 0 Å². The summed E-state index contributed by atoms with van der Waals surface area (Å²) in [5.41, 5.74) is 4.18. The van der Waals surface area contributed by atoms with E-state index >= 15 is 0 Å². The van der Waals surface area contributed by atoms with E-state index < -0.39 is 42.3 Å². The second-order valence-corrected chi connectivity index (χ2v) is 13.5. The van der Waals surface area contributed by atoms with E-state index in [0.717, 1.165) is 21.9 Å². The number of benzene rings is 8. The van der Waals surface area contributed by atoms with Crippen LogP contribution in [-0.2, 0) is 0 Å². The molecule has 0 spiro atoms. The van der Waals surface area contributed by atoms with Gasteiger partial charge in [0.25, 0.3) is 0 Å². The smallest absolute Gasteiger partial charge is 0.164 e. The summed E-state index contributed by atoms with van der Waals surface area (Å²) in [4.78, 5) is 14.5. The number of fused-ring (bicyclic) bond motifs is 9. The van der Waals surface area contributed by atoms with Crippen LogP contribution in [0.3, 0.4) is 0 Å². The second kappa shape index (κ2) is 12.3. The fourth-order valence-electron chi connectivity index (χ4n) is 7.61. The van der Waals surface area contributed by atoms with Gasteiger partial charge in [-0.3, -0.25) is 0 Å².